The number of carbonyl (C=O) groups excluding carboxylic acids is 1. The molecule has 7 nitrogen and oxygen atoms in total. The van der Waals surface area contributed by atoms with Crippen molar-refractivity contribution in [2.45, 2.75) is 13.0 Å². The maximum Gasteiger partial charge on any atom is 0.338 e. The zero-order chi connectivity index (χ0) is 20.3. The molecule has 0 unspecified atom stereocenters. The van der Waals surface area contributed by atoms with Gasteiger partial charge in [-0.1, -0.05) is 42.5 Å². The molecule has 0 bridgehead atoms. The Morgan fingerprint density at radius 2 is 1.86 bits per heavy atom. The molecular weight excluding hydrogens is 378 g/mol. The number of nitrogens with zero attached hydrogens (tertiary/aromatic N) is 2. The third kappa shape index (κ3) is 3.59. The molecule has 1 heterocycles. The van der Waals surface area contributed by atoms with Crippen LogP contribution < -0.4 is 5.32 Å². The highest BCUT2D eigenvalue weighted by molar-refractivity contribution is 7.80. The Morgan fingerprint density at radius 1 is 1.21 bits per heavy atom. The number of hydrogen-bond acceptors (Lipinski definition) is 5. The molecule has 0 aliphatic carbocycles. The van der Waals surface area contributed by atoms with E-state index in [1.165, 1.54) is 6.07 Å². The number of hydrogen-bond donors (Lipinski definition) is 1. The van der Waals surface area contributed by atoms with E-state index in [0.29, 0.717) is 16.4 Å². The summed E-state index contributed by atoms with van der Waals surface area (Å²) in [6, 6.07) is 14.8. The number of ether oxygens (including phenoxy) is 1. The molecular formula is C20H19N3O4S. The first-order valence-electron chi connectivity index (χ1n) is 8.70. The van der Waals surface area contributed by atoms with Crippen molar-refractivity contribution in [2.24, 2.45) is 0 Å². The van der Waals surface area contributed by atoms with Crippen LogP contribution in [0.1, 0.15) is 24.1 Å². The first-order valence-corrected chi connectivity index (χ1v) is 9.10. The van der Waals surface area contributed by atoms with Gasteiger partial charge in [-0.25, -0.2) is 4.79 Å². The lowest BCUT2D eigenvalue weighted by Crippen LogP contribution is -2.46. The molecule has 0 saturated heterocycles. The van der Waals surface area contributed by atoms with Crippen LogP contribution in [-0.2, 0) is 9.53 Å². The lowest BCUT2D eigenvalue weighted by Gasteiger charge is -2.36. The number of carbonyl (C=O) groups is 1. The predicted molar refractivity (Wildman–Crippen MR) is 109 cm³/mol. The fourth-order valence-corrected chi connectivity index (χ4v) is 3.42. The molecule has 1 N–H and O–H groups in total. The molecule has 0 saturated carbocycles. The lowest BCUT2D eigenvalue weighted by molar-refractivity contribution is -0.385. The van der Waals surface area contributed by atoms with Gasteiger partial charge in [-0.2, -0.15) is 0 Å². The van der Waals surface area contributed by atoms with E-state index in [9.17, 15) is 14.9 Å². The van der Waals surface area contributed by atoms with Gasteiger partial charge in [-0.3, -0.25) is 10.1 Å². The van der Waals surface area contributed by atoms with Gasteiger partial charge in [0.15, 0.2) is 5.11 Å². The number of nitro benzene ring substituents is 1. The fraction of sp³-hybridized carbons (Fsp3) is 0.200. The second-order valence-electron chi connectivity index (χ2n) is 6.11. The fourth-order valence-electron chi connectivity index (χ4n) is 3.21. The molecule has 0 fully saturated rings. The van der Waals surface area contributed by atoms with Crippen molar-refractivity contribution in [3.63, 3.8) is 0 Å². The molecule has 1 aliphatic heterocycles. The maximum absolute atomic E-state index is 12.9. The standard InChI is InChI=1S/C20H19N3O4S/c1-3-27-19(24)16-17(14-11-7-8-12-15(14)23(25)26)21-20(28)22(2)18(16)13-9-5-4-6-10-13/h4-12,17H,3H2,1-2H3,(H,21,28)/t17-/m1/s1. The average Bonchev–Trinajstić information content (AvgIpc) is 2.70. The van der Waals surface area contributed by atoms with Gasteiger partial charge >= 0.3 is 5.97 Å². The van der Waals surface area contributed by atoms with Gasteiger partial charge in [0.25, 0.3) is 5.69 Å². The number of thiocarbonyl (C=S) groups is 1. The largest absolute Gasteiger partial charge is 0.463 e. The molecule has 1 aliphatic rings. The van der Waals surface area contributed by atoms with Gasteiger partial charge in [0.2, 0.25) is 0 Å². The maximum atomic E-state index is 12.9. The van der Waals surface area contributed by atoms with Crippen LogP contribution >= 0.6 is 12.2 Å². The van der Waals surface area contributed by atoms with Gasteiger partial charge in [0.05, 0.1) is 34.4 Å². The Labute approximate surface area is 167 Å². The molecule has 2 aromatic carbocycles. The van der Waals surface area contributed by atoms with Gasteiger partial charge in [-0.15, -0.1) is 0 Å². The first kappa shape index (κ1) is 19.5. The van der Waals surface area contributed by atoms with Crippen molar-refractivity contribution < 1.29 is 14.5 Å². The molecule has 28 heavy (non-hydrogen) atoms. The van der Waals surface area contributed by atoms with Crippen LogP contribution in [0.15, 0.2) is 60.2 Å². The van der Waals surface area contributed by atoms with E-state index in [1.807, 2.05) is 30.3 Å². The molecule has 144 valence electrons. The predicted octanol–water partition coefficient (Wildman–Crippen LogP) is 3.43. The quantitative estimate of drug-likeness (QED) is 0.358. The highest BCUT2D eigenvalue weighted by Crippen LogP contribution is 2.38. The SMILES string of the molecule is CCOC(=O)C1=C(c2ccccc2)N(C)C(=S)N[C@@H]1c1ccccc1[N+](=O)[O-]. The number of esters is 1. The highest BCUT2D eigenvalue weighted by Gasteiger charge is 2.38. The second kappa shape index (κ2) is 8.18. The van der Waals surface area contributed by atoms with Crippen LogP contribution in [0.5, 0.6) is 0 Å². The Bertz CT molecular complexity index is 959. The number of nitrogens with one attached hydrogen (secondary N) is 1. The summed E-state index contributed by atoms with van der Waals surface area (Å²) >= 11 is 5.45. The summed E-state index contributed by atoms with van der Waals surface area (Å²) < 4.78 is 5.29. The molecule has 1 atom stereocenters. The van der Waals surface area contributed by atoms with E-state index in [0.717, 1.165) is 5.56 Å². The second-order valence-corrected chi connectivity index (χ2v) is 6.49. The van der Waals surface area contributed by atoms with Crippen LogP contribution in [0, 0.1) is 10.1 Å². The van der Waals surface area contributed by atoms with Crippen molar-refractivity contribution in [3.05, 3.63) is 81.4 Å². The van der Waals surface area contributed by atoms with Crippen LogP contribution in [0.4, 0.5) is 5.69 Å². The van der Waals surface area contributed by atoms with Crippen molar-refractivity contribution in [1.29, 1.82) is 0 Å². The van der Waals surface area contributed by atoms with E-state index in [4.69, 9.17) is 17.0 Å². The minimum Gasteiger partial charge on any atom is -0.463 e. The normalized spacial score (nSPS) is 16.6. The molecule has 0 amide bonds. The number of nitro groups is 1. The van der Waals surface area contributed by atoms with E-state index in [2.05, 4.69) is 5.32 Å². The Morgan fingerprint density at radius 3 is 2.50 bits per heavy atom. The van der Waals surface area contributed by atoms with E-state index >= 15 is 0 Å². The number of benzene rings is 2. The summed E-state index contributed by atoms with van der Waals surface area (Å²) in [5, 5.41) is 15.0. The average molecular weight is 397 g/mol. The Kier molecular flexibility index (Phi) is 5.70. The Balaban J connectivity index is 2.30. The summed E-state index contributed by atoms with van der Waals surface area (Å²) in [4.78, 5) is 25.7. The molecule has 8 heteroatoms. The van der Waals surface area contributed by atoms with Gasteiger partial charge in [-0.05, 0) is 30.8 Å². The highest BCUT2D eigenvalue weighted by atomic mass is 32.1. The lowest BCUT2D eigenvalue weighted by atomic mass is 9.91. The van der Waals surface area contributed by atoms with Crippen molar-refractivity contribution in [3.8, 4) is 0 Å². The van der Waals surface area contributed by atoms with E-state index in [1.54, 1.807) is 37.1 Å². The number of para-hydroxylation sites is 1. The zero-order valence-corrected chi connectivity index (χ0v) is 16.2. The summed E-state index contributed by atoms with van der Waals surface area (Å²) in [6.07, 6.45) is 0. The summed E-state index contributed by atoms with van der Waals surface area (Å²) in [5.74, 6) is -0.550. The monoisotopic (exact) mass is 397 g/mol. The number of rotatable bonds is 5. The minimum atomic E-state index is -0.806. The molecule has 0 aromatic heterocycles. The Hall–Kier alpha value is -3.26. The summed E-state index contributed by atoms with van der Waals surface area (Å²) in [5.41, 5.74) is 1.85. The molecule has 3 rings (SSSR count). The zero-order valence-electron chi connectivity index (χ0n) is 15.4. The van der Waals surface area contributed by atoms with Crippen molar-refractivity contribution in [2.75, 3.05) is 13.7 Å². The molecule has 0 radical (unpaired) electrons. The van der Waals surface area contributed by atoms with Crippen LogP contribution in [-0.4, -0.2) is 34.6 Å². The van der Waals surface area contributed by atoms with Crippen molar-refractivity contribution >= 4 is 34.7 Å². The third-order valence-electron chi connectivity index (χ3n) is 4.44. The van der Waals surface area contributed by atoms with Gasteiger partial charge in [0.1, 0.15) is 0 Å². The van der Waals surface area contributed by atoms with Crippen LogP contribution in [0.3, 0.4) is 0 Å². The smallest absolute Gasteiger partial charge is 0.338 e. The van der Waals surface area contributed by atoms with Crippen LogP contribution in [0.2, 0.25) is 0 Å². The van der Waals surface area contributed by atoms with E-state index < -0.39 is 16.9 Å². The topological polar surface area (TPSA) is 84.7 Å². The van der Waals surface area contributed by atoms with Gasteiger partial charge in [0, 0.05) is 13.1 Å². The molecule has 2 aromatic rings. The van der Waals surface area contributed by atoms with Gasteiger partial charge < -0.3 is 15.0 Å². The first-order chi connectivity index (χ1) is 13.5. The van der Waals surface area contributed by atoms with Crippen molar-refractivity contribution in [1.82, 2.24) is 10.2 Å². The molecule has 0 spiro atoms. The summed E-state index contributed by atoms with van der Waals surface area (Å²) in [7, 11) is 1.74. The minimum absolute atomic E-state index is 0.0958. The van der Waals surface area contributed by atoms with Crippen LogP contribution in [0.25, 0.3) is 5.70 Å². The summed E-state index contributed by atoms with van der Waals surface area (Å²) in [6.45, 7) is 1.90. The third-order valence-corrected chi connectivity index (χ3v) is 4.83. The van der Waals surface area contributed by atoms with E-state index in [-0.39, 0.29) is 17.9 Å².